The average molecular weight is 265 g/mol. The van der Waals surface area contributed by atoms with Gasteiger partial charge in [-0.2, -0.15) is 5.10 Å². The highest BCUT2D eigenvalue weighted by Gasteiger charge is 2.35. The number of carboxylic acids is 1. The molecule has 0 saturated carbocycles. The van der Waals surface area contributed by atoms with Crippen molar-refractivity contribution in [2.75, 3.05) is 6.54 Å². The van der Waals surface area contributed by atoms with Gasteiger partial charge < -0.3 is 10.0 Å². The highest BCUT2D eigenvalue weighted by atomic mass is 16.4. The molecule has 2 heterocycles. The molecule has 6 heteroatoms. The van der Waals surface area contributed by atoms with Crippen LogP contribution >= 0.6 is 0 Å². The molecule has 1 aliphatic rings. The zero-order valence-electron chi connectivity index (χ0n) is 11.2. The van der Waals surface area contributed by atoms with E-state index in [4.69, 9.17) is 0 Å². The molecule has 0 radical (unpaired) electrons. The molecule has 1 amide bonds. The average Bonchev–Trinajstić information content (AvgIpc) is 2.86. The van der Waals surface area contributed by atoms with Crippen LogP contribution in [-0.2, 0) is 11.2 Å². The van der Waals surface area contributed by atoms with Crippen LogP contribution < -0.4 is 0 Å². The molecule has 6 nitrogen and oxygen atoms in total. The molecule has 1 aliphatic heterocycles. The summed E-state index contributed by atoms with van der Waals surface area (Å²) in [6, 6.07) is 0.956. The zero-order chi connectivity index (χ0) is 14.0. The second kappa shape index (κ2) is 5.42. The summed E-state index contributed by atoms with van der Waals surface area (Å²) in [5.74, 6) is -0.906. The van der Waals surface area contributed by atoms with E-state index in [2.05, 4.69) is 10.2 Å². The number of aryl methyl sites for hydroxylation is 1. The number of rotatable bonds is 3. The van der Waals surface area contributed by atoms with Gasteiger partial charge in [0, 0.05) is 12.2 Å². The Balaban J connectivity index is 2.18. The number of aromatic amines is 1. The van der Waals surface area contributed by atoms with Gasteiger partial charge in [0.2, 0.25) is 0 Å². The van der Waals surface area contributed by atoms with Gasteiger partial charge in [-0.05, 0) is 31.2 Å². The Morgan fingerprint density at radius 2 is 2.32 bits per heavy atom. The summed E-state index contributed by atoms with van der Waals surface area (Å²) in [5, 5.41) is 16.0. The second-order valence-electron chi connectivity index (χ2n) is 5.11. The Labute approximate surface area is 111 Å². The molecule has 0 bridgehead atoms. The number of aromatic nitrogens is 2. The molecule has 0 spiro atoms. The number of piperidine rings is 1. The standard InChI is InChI=1S/C13H19N3O3/c1-3-9-7-10(15-14-9)12(17)16-5-4-8(2)6-11(16)13(18)19/h7-8,11H,3-6H2,1-2H3,(H,14,15)(H,18,19). The molecular weight excluding hydrogens is 246 g/mol. The summed E-state index contributed by atoms with van der Waals surface area (Å²) in [5.41, 5.74) is 1.18. The fourth-order valence-corrected chi connectivity index (χ4v) is 2.42. The van der Waals surface area contributed by atoms with Gasteiger partial charge in [-0.15, -0.1) is 0 Å². The van der Waals surface area contributed by atoms with Crippen molar-refractivity contribution in [3.63, 3.8) is 0 Å². The van der Waals surface area contributed by atoms with Crippen molar-refractivity contribution >= 4 is 11.9 Å². The minimum absolute atomic E-state index is 0.296. The highest BCUT2D eigenvalue weighted by Crippen LogP contribution is 2.24. The van der Waals surface area contributed by atoms with Crippen LogP contribution in [-0.4, -0.2) is 44.7 Å². The Kier molecular flexibility index (Phi) is 3.87. The summed E-state index contributed by atoms with van der Waals surface area (Å²) in [6.45, 7) is 4.46. The number of nitrogens with zero attached hydrogens (tertiary/aromatic N) is 2. The summed E-state index contributed by atoms with van der Waals surface area (Å²) in [6.07, 6.45) is 2.10. The molecule has 1 fully saturated rings. The Morgan fingerprint density at radius 3 is 2.89 bits per heavy atom. The number of H-pyrrole nitrogens is 1. The third-order valence-electron chi connectivity index (χ3n) is 3.64. The van der Waals surface area contributed by atoms with Crippen LogP contribution in [0.15, 0.2) is 6.07 Å². The monoisotopic (exact) mass is 265 g/mol. The van der Waals surface area contributed by atoms with Gasteiger partial charge in [-0.3, -0.25) is 9.89 Å². The van der Waals surface area contributed by atoms with Crippen molar-refractivity contribution in [3.05, 3.63) is 17.5 Å². The number of hydrogen-bond acceptors (Lipinski definition) is 3. The first-order chi connectivity index (χ1) is 9.02. The van der Waals surface area contributed by atoms with E-state index in [9.17, 15) is 14.7 Å². The first-order valence-electron chi connectivity index (χ1n) is 6.61. The van der Waals surface area contributed by atoms with Crippen LogP contribution in [0.3, 0.4) is 0 Å². The van der Waals surface area contributed by atoms with Crippen molar-refractivity contribution < 1.29 is 14.7 Å². The van der Waals surface area contributed by atoms with Crippen molar-refractivity contribution in [2.45, 2.75) is 39.2 Å². The molecule has 1 aromatic heterocycles. The van der Waals surface area contributed by atoms with E-state index >= 15 is 0 Å². The SMILES string of the molecule is CCc1cc(C(=O)N2CCC(C)CC2C(=O)O)n[nH]1. The van der Waals surface area contributed by atoms with E-state index in [0.29, 0.717) is 24.6 Å². The van der Waals surface area contributed by atoms with Gasteiger partial charge >= 0.3 is 5.97 Å². The molecule has 2 atom stereocenters. The third-order valence-corrected chi connectivity index (χ3v) is 3.64. The maximum absolute atomic E-state index is 12.3. The lowest BCUT2D eigenvalue weighted by molar-refractivity contribution is -0.144. The summed E-state index contributed by atoms with van der Waals surface area (Å²) in [7, 11) is 0. The number of aliphatic carboxylic acids is 1. The maximum Gasteiger partial charge on any atom is 0.326 e. The normalized spacial score (nSPS) is 23.4. The summed E-state index contributed by atoms with van der Waals surface area (Å²) >= 11 is 0. The molecule has 104 valence electrons. The predicted molar refractivity (Wildman–Crippen MR) is 68.8 cm³/mol. The molecule has 2 unspecified atom stereocenters. The van der Waals surface area contributed by atoms with Crippen LogP contribution in [0.1, 0.15) is 42.9 Å². The lowest BCUT2D eigenvalue weighted by Gasteiger charge is -2.35. The minimum atomic E-state index is -0.939. The molecule has 1 saturated heterocycles. The van der Waals surface area contributed by atoms with E-state index in [0.717, 1.165) is 18.5 Å². The van der Waals surface area contributed by atoms with Gasteiger partial charge in [0.05, 0.1) is 0 Å². The number of hydrogen-bond donors (Lipinski definition) is 2. The fraction of sp³-hybridized carbons (Fsp3) is 0.615. The topological polar surface area (TPSA) is 86.3 Å². The van der Waals surface area contributed by atoms with Gasteiger partial charge in [0.15, 0.2) is 0 Å². The van der Waals surface area contributed by atoms with E-state index in [-0.39, 0.29) is 5.91 Å². The molecule has 2 N–H and O–H groups in total. The highest BCUT2D eigenvalue weighted by molar-refractivity contribution is 5.95. The van der Waals surface area contributed by atoms with E-state index in [1.165, 1.54) is 4.90 Å². The van der Waals surface area contributed by atoms with Gasteiger partial charge in [0.25, 0.3) is 5.91 Å². The van der Waals surface area contributed by atoms with Crippen molar-refractivity contribution in [1.82, 2.24) is 15.1 Å². The smallest absolute Gasteiger partial charge is 0.326 e. The summed E-state index contributed by atoms with van der Waals surface area (Å²) < 4.78 is 0. The quantitative estimate of drug-likeness (QED) is 0.862. The van der Waals surface area contributed by atoms with Gasteiger partial charge in [-0.1, -0.05) is 13.8 Å². The lowest BCUT2D eigenvalue weighted by atomic mass is 9.92. The summed E-state index contributed by atoms with van der Waals surface area (Å²) in [4.78, 5) is 25.0. The van der Waals surface area contributed by atoms with Crippen LogP contribution in [0, 0.1) is 5.92 Å². The Hall–Kier alpha value is -1.85. The molecule has 0 aliphatic carbocycles. The van der Waals surface area contributed by atoms with E-state index in [1.807, 2.05) is 13.8 Å². The number of nitrogens with one attached hydrogen (secondary N) is 1. The fourth-order valence-electron chi connectivity index (χ4n) is 2.42. The first-order valence-corrected chi connectivity index (χ1v) is 6.61. The van der Waals surface area contributed by atoms with E-state index in [1.54, 1.807) is 6.07 Å². The third kappa shape index (κ3) is 2.77. The molecule has 1 aromatic rings. The minimum Gasteiger partial charge on any atom is -0.480 e. The van der Waals surface area contributed by atoms with Gasteiger partial charge in [-0.25, -0.2) is 4.79 Å². The Bertz CT molecular complexity index is 483. The predicted octanol–water partition coefficient (Wildman–Crippen LogP) is 1.30. The van der Waals surface area contributed by atoms with Gasteiger partial charge in [0.1, 0.15) is 11.7 Å². The Morgan fingerprint density at radius 1 is 1.58 bits per heavy atom. The molecule has 2 rings (SSSR count). The van der Waals surface area contributed by atoms with Crippen LogP contribution in [0.25, 0.3) is 0 Å². The maximum atomic E-state index is 12.3. The van der Waals surface area contributed by atoms with E-state index < -0.39 is 12.0 Å². The molecular formula is C13H19N3O3. The van der Waals surface area contributed by atoms with Crippen LogP contribution in [0.4, 0.5) is 0 Å². The number of carbonyl (C=O) groups is 2. The van der Waals surface area contributed by atoms with Crippen molar-refractivity contribution in [1.29, 1.82) is 0 Å². The molecule has 0 aromatic carbocycles. The number of amides is 1. The van der Waals surface area contributed by atoms with Crippen molar-refractivity contribution in [2.24, 2.45) is 5.92 Å². The largest absolute Gasteiger partial charge is 0.480 e. The molecule has 19 heavy (non-hydrogen) atoms. The number of carbonyl (C=O) groups excluding carboxylic acids is 1. The number of likely N-dealkylation sites (tertiary alicyclic amines) is 1. The van der Waals surface area contributed by atoms with Crippen LogP contribution in [0.5, 0.6) is 0 Å². The zero-order valence-corrected chi connectivity index (χ0v) is 11.2. The number of carboxylic acid groups (broad SMARTS) is 1. The van der Waals surface area contributed by atoms with Crippen molar-refractivity contribution in [3.8, 4) is 0 Å². The lowest BCUT2D eigenvalue weighted by Crippen LogP contribution is -2.49. The van der Waals surface area contributed by atoms with Crippen LogP contribution in [0.2, 0.25) is 0 Å². The second-order valence-corrected chi connectivity index (χ2v) is 5.11. The first kappa shape index (κ1) is 13.6.